The van der Waals surface area contributed by atoms with Crippen LogP contribution in [0.5, 0.6) is 11.5 Å². The lowest BCUT2D eigenvalue weighted by molar-refractivity contribution is -0.123. The predicted molar refractivity (Wildman–Crippen MR) is 91.6 cm³/mol. The smallest absolute Gasteiger partial charge is 0.254 e. The molecule has 1 aromatic carbocycles. The van der Waals surface area contributed by atoms with E-state index in [2.05, 4.69) is 0 Å². The lowest BCUT2D eigenvalue weighted by atomic mass is 9.96. The van der Waals surface area contributed by atoms with E-state index in [9.17, 15) is 9.59 Å². The van der Waals surface area contributed by atoms with Gasteiger partial charge in [0.1, 0.15) is 0 Å². The third kappa shape index (κ3) is 4.12. The summed E-state index contributed by atoms with van der Waals surface area (Å²) in [5, 5.41) is 0.346. The number of nitrogens with zero attached hydrogens (tertiary/aromatic N) is 1. The van der Waals surface area contributed by atoms with Crippen LogP contribution in [0.1, 0.15) is 36.5 Å². The highest BCUT2D eigenvalue weighted by Crippen LogP contribution is 2.37. The van der Waals surface area contributed by atoms with Gasteiger partial charge in [0.25, 0.3) is 5.91 Å². The molecule has 2 N–H and O–H groups in total. The van der Waals surface area contributed by atoms with Crippen molar-refractivity contribution in [2.24, 2.45) is 11.7 Å². The number of rotatable bonds is 6. The minimum absolute atomic E-state index is 0.139. The summed E-state index contributed by atoms with van der Waals surface area (Å²) in [6, 6.07) is 3.23. The average molecular weight is 355 g/mol. The molecule has 6 nitrogen and oxygen atoms in total. The molecule has 1 aliphatic heterocycles. The second kappa shape index (κ2) is 8.24. The van der Waals surface area contributed by atoms with Crippen LogP contribution in [0.25, 0.3) is 0 Å². The molecule has 0 aliphatic carbocycles. The van der Waals surface area contributed by atoms with Crippen LogP contribution in [0.2, 0.25) is 5.02 Å². The van der Waals surface area contributed by atoms with Gasteiger partial charge in [0.2, 0.25) is 5.91 Å². The van der Waals surface area contributed by atoms with E-state index in [4.69, 9.17) is 26.8 Å². The number of amides is 2. The fourth-order valence-corrected chi connectivity index (χ4v) is 3.00. The molecule has 0 bridgehead atoms. The fraction of sp³-hybridized carbons (Fsp3) is 0.529. The minimum Gasteiger partial charge on any atom is -0.493 e. The Morgan fingerprint density at radius 3 is 2.54 bits per heavy atom. The van der Waals surface area contributed by atoms with Crippen LogP contribution >= 0.6 is 11.6 Å². The Kier molecular flexibility index (Phi) is 6.31. The van der Waals surface area contributed by atoms with Crippen molar-refractivity contribution in [3.63, 3.8) is 0 Å². The third-order valence-corrected chi connectivity index (χ3v) is 4.39. The summed E-state index contributed by atoms with van der Waals surface area (Å²) in [5.41, 5.74) is 5.77. The summed E-state index contributed by atoms with van der Waals surface area (Å²) in [7, 11) is 1.51. The van der Waals surface area contributed by atoms with Gasteiger partial charge in [0.15, 0.2) is 11.5 Å². The first-order chi connectivity index (χ1) is 11.5. The molecule has 132 valence electrons. The monoisotopic (exact) mass is 354 g/mol. The zero-order valence-electron chi connectivity index (χ0n) is 14.0. The normalized spacial score (nSPS) is 15.2. The lowest BCUT2D eigenvalue weighted by Gasteiger charge is -2.30. The molecule has 1 saturated heterocycles. The van der Waals surface area contributed by atoms with Crippen molar-refractivity contribution in [3.8, 4) is 11.5 Å². The van der Waals surface area contributed by atoms with E-state index < -0.39 is 0 Å². The predicted octanol–water partition coefficient (Wildman–Crippen LogP) is 2.47. The van der Waals surface area contributed by atoms with Gasteiger partial charge < -0.3 is 20.1 Å². The van der Waals surface area contributed by atoms with Crippen molar-refractivity contribution < 1.29 is 19.1 Å². The van der Waals surface area contributed by atoms with Gasteiger partial charge in [-0.25, -0.2) is 0 Å². The average Bonchev–Trinajstić information content (AvgIpc) is 2.59. The largest absolute Gasteiger partial charge is 0.493 e. The van der Waals surface area contributed by atoms with E-state index in [-0.39, 0.29) is 17.7 Å². The van der Waals surface area contributed by atoms with Gasteiger partial charge in [0, 0.05) is 24.6 Å². The Morgan fingerprint density at radius 1 is 1.33 bits per heavy atom. The molecule has 2 amide bonds. The third-order valence-electron chi connectivity index (χ3n) is 4.11. The molecule has 1 aromatic rings. The number of methoxy groups -OCH3 is 1. The number of hydrogen-bond acceptors (Lipinski definition) is 4. The van der Waals surface area contributed by atoms with E-state index >= 15 is 0 Å². The first-order valence-electron chi connectivity index (χ1n) is 8.06. The van der Waals surface area contributed by atoms with Crippen LogP contribution in [0, 0.1) is 5.92 Å². The van der Waals surface area contributed by atoms with Crippen molar-refractivity contribution in [1.29, 1.82) is 0 Å². The van der Waals surface area contributed by atoms with Gasteiger partial charge in [-0.1, -0.05) is 18.5 Å². The SMILES string of the molecule is CCCOc1c(Cl)cc(C(=O)N2CCC(C(N)=O)CC2)cc1OC. The number of halogens is 1. The van der Waals surface area contributed by atoms with Crippen LogP contribution in [-0.2, 0) is 4.79 Å². The van der Waals surface area contributed by atoms with Crippen molar-refractivity contribution in [3.05, 3.63) is 22.7 Å². The van der Waals surface area contributed by atoms with Gasteiger partial charge in [-0.05, 0) is 31.4 Å². The van der Waals surface area contributed by atoms with E-state index in [1.807, 2.05) is 6.92 Å². The maximum absolute atomic E-state index is 12.7. The molecule has 0 aromatic heterocycles. The number of primary amides is 1. The molecule has 0 radical (unpaired) electrons. The van der Waals surface area contributed by atoms with Crippen LogP contribution in [0.3, 0.4) is 0 Å². The van der Waals surface area contributed by atoms with Crippen LogP contribution in [-0.4, -0.2) is 43.5 Å². The summed E-state index contributed by atoms with van der Waals surface area (Å²) in [5.74, 6) is 0.290. The van der Waals surface area contributed by atoms with E-state index in [1.54, 1.807) is 17.0 Å². The second-order valence-corrected chi connectivity index (χ2v) is 6.21. The van der Waals surface area contributed by atoms with Crippen LogP contribution < -0.4 is 15.2 Å². The summed E-state index contributed by atoms with van der Waals surface area (Å²) < 4.78 is 10.9. The molecule has 0 saturated carbocycles. The summed E-state index contributed by atoms with van der Waals surface area (Å²) in [4.78, 5) is 25.6. The molecule has 1 heterocycles. The Morgan fingerprint density at radius 2 is 2.00 bits per heavy atom. The summed E-state index contributed by atoms with van der Waals surface area (Å²) in [6.07, 6.45) is 2.02. The molecule has 0 atom stereocenters. The van der Waals surface area contributed by atoms with Crippen molar-refractivity contribution >= 4 is 23.4 Å². The van der Waals surface area contributed by atoms with Crippen molar-refractivity contribution in [2.75, 3.05) is 26.8 Å². The highest BCUT2D eigenvalue weighted by atomic mass is 35.5. The van der Waals surface area contributed by atoms with E-state index in [0.29, 0.717) is 54.6 Å². The quantitative estimate of drug-likeness (QED) is 0.850. The molecule has 2 rings (SSSR count). The number of carbonyl (C=O) groups excluding carboxylic acids is 2. The zero-order chi connectivity index (χ0) is 17.7. The molecular weight excluding hydrogens is 332 g/mol. The number of likely N-dealkylation sites (tertiary alicyclic amines) is 1. The molecule has 7 heteroatoms. The van der Waals surface area contributed by atoms with Gasteiger partial charge in [0.05, 0.1) is 18.7 Å². The number of hydrogen-bond donors (Lipinski definition) is 1. The van der Waals surface area contributed by atoms with Gasteiger partial charge in [-0.2, -0.15) is 0 Å². The first-order valence-corrected chi connectivity index (χ1v) is 8.44. The molecule has 24 heavy (non-hydrogen) atoms. The maximum atomic E-state index is 12.7. The van der Waals surface area contributed by atoms with E-state index in [1.165, 1.54) is 7.11 Å². The lowest BCUT2D eigenvalue weighted by Crippen LogP contribution is -2.41. The van der Waals surface area contributed by atoms with Gasteiger partial charge >= 0.3 is 0 Å². The Labute approximate surface area is 146 Å². The summed E-state index contributed by atoms with van der Waals surface area (Å²) >= 11 is 6.26. The zero-order valence-corrected chi connectivity index (χ0v) is 14.8. The van der Waals surface area contributed by atoms with Crippen molar-refractivity contribution in [1.82, 2.24) is 4.90 Å². The Bertz CT molecular complexity index is 613. The molecule has 0 spiro atoms. The first kappa shape index (κ1) is 18.4. The highest BCUT2D eigenvalue weighted by molar-refractivity contribution is 6.32. The molecular formula is C17H23ClN2O4. The van der Waals surface area contributed by atoms with Crippen LogP contribution in [0.15, 0.2) is 12.1 Å². The van der Waals surface area contributed by atoms with Gasteiger partial charge in [-0.3, -0.25) is 9.59 Å². The number of piperidine rings is 1. The number of benzene rings is 1. The standard InChI is InChI=1S/C17H23ClN2O4/c1-3-8-24-15-13(18)9-12(10-14(15)23-2)17(22)20-6-4-11(5-7-20)16(19)21/h9-11H,3-8H2,1-2H3,(H2,19,21). The minimum atomic E-state index is -0.302. The number of ether oxygens (including phenoxy) is 2. The van der Waals surface area contributed by atoms with E-state index in [0.717, 1.165) is 6.42 Å². The highest BCUT2D eigenvalue weighted by Gasteiger charge is 2.27. The maximum Gasteiger partial charge on any atom is 0.254 e. The second-order valence-electron chi connectivity index (χ2n) is 5.81. The topological polar surface area (TPSA) is 81.9 Å². The molecule has 0 unspecified atom stereocenters. The Balaban J connectivity index is 2.15. The molecule has 1 fully saturated rings. The van der Waals surface area contributed by atoms with Crippen LogP contribution in [0.4, 0.5) is 0 Å². The molecule has 1 aliphatic rings. The van der Waals surface area contributed by atoms with Gasteiger partial charge in [-0.15, -0.1) is 0 Å². The fourth-order valence-electron chi connectivity index (χ4n) is 2.74. The Hall–Kier alpha value is -1.95. The number of carbonyl (C=O) groups is 2. The summed E-state index contributed by atoms with van der Waals surface area (Å²) in [6.45, 7) is 3.51. The van der Waals surface area contributed by atoms with Crippen molar-refractivity contribution in [2.45, 2.75) is 26.2 Å². The number of nitrogens with two attached hydrogens (primary N) is 1.